The number of hydrogen-bond acceptors (Lipinski definition) is 6. The van der Waals surface area contributed by atoms with Crippen LogP contribution in [0, 0.1) is 6.92 Å². The van der Waals surface area contributed by atoms with Crippen LogP contribution < -0.4 is 5.32 Å². The van der Waals surface area contributed by atoms with Gasteiger partial charge in [-0.25, -0.2) is 9.97 Å². The third-order valence-corrected chi connectivity index (χ3v) is 10.6. The number of rotatable bonds is 7. The fourth-order valence-electron chi connectivity index (χ4n) is 7.47. The number of carbonyl (C=O) groups excluding carboxylic acids is 2. The lowest BCUT2D eigenvalue weighted by Gasteiger charge is -2.36. The van der Waals surface area contributed by atoms with E-state index >= 15 is 0 Å². The molecule has 0 unspecified atom stereocenters. The summed E-state index contributed by atoms with van der Waals surface area (Å²) in [5.74, 6) is 0.639. The van der Waals surface area contributed by atoms with E-state index in [1.807, 2.05) is 66.6 Å². The minimum absolute atomic E-state index is 0.0518. The highest BCUT2D eigenvalue weighted by molar-refractivity contribution is 6.34. The monoisotopic (exact) mass is 640 g/mol. The van der Waals surface area contributed by atoms with E-state index in [9.17, 15) is 9.59 Å². The van der Waals surface area contributed by atoms with E-state index in [1.165, 1.54) is 0 Å². The Balaban J connectivity index is 1.09. The van der Waals surface area contributed by atoms with Crippen molar-refractivity contribution in [1.29, 1.82) is 0 Å². The summed E-state index contributed by atoms with van der Waals surface area (Å²) in [4.78, 5) is 39.1. The van der Waals surface area contributed by atoms with Gasteiger partial charge in [-0.3, -0.25) is 14.5 Å². The number of imidazole rings is 2. The van der Waals surface area contributed by atoms with Gasteiger partial charge in [-0.05, 0) is 68.2 Å². The highest BCUT2D eigenvalue weighted by Gasteiger charge is 2.30. The van der Waals surface area contributed by atoms with Crippen molar-refractivity contribution >= 4 is 29.0 Å². The number of amides is 1. The summed E-state index contributed by atoms with van der Waals surface area (Å²) in [5, 5.41) is 3.62. The zero-order chi connectivity index (χ0) is 31.9. The number of aryl methyl sites for hydroxylation is 1. The quantitative estimate of drug-likeness (QED) is 0.254. The lowest BCUT2D eigenvalue weighted by atomic mass is 9.96. The summed E-state index contributed by atoms with van der Waals surface area (Å²) < 4.78 is 9.47. The van der Waals surface area contributed by atoms with Gasteiger partial charge in [-0.1, -0.05) is 41.9 Å². The molecule has 3 aliphatic rings. The first-order valence-electron chi connectivity index (χ1n) is 16.4. The molecule has 0 saturated carbocycles. The van der Waals surface area contributed by atoms with E-state index in [2.05, 4.69) is 15.2 Å². The van der Waals surface area contributed by atoms with Gasteiger partial charge in [-0.15, -0.1) is 0 Å². The van der Waals surface area contributed by atoms with Gasteiger partial charge in [0.15, 0.2) is 11.6 Å². The van der Waals surface area contributed by atoms with Crippen molar-refractivity contribution in [1.82, 2.24) is 24.0 Å². The Morgan fingerprint density at radius 1 is 0.913 bits per heavy atom. The van der Waals surface area contributed by atoms with Crippen molar-refractivity contribution in [3.8, 4) is 11.1 Å². The Hall–Kier alpha value is -3.79. The van der Waals surface area contributed by atoms with Crippen molar-refractivity contribution in [3.05, 3.63) is 87.0 Å². The average Bonchev–Trinajstić information content (AvgIpc) is 3.59. The predicted molar refractivity (Wildman–Crippen MR) is 179 cm³/mol. The summed E-state index contributed by atoms with van der Waals surface area (Å²) in [5.41, 5.74) is 8.40. The number of anilines is 1. The minimum atomic E-state index is -0.226. The van der Waals surface area contributed by atoms with Gasteiger partial charge in [0.1, 0.15) is 0 Å². The maximum Gasteiger partial charge on any atom is 0.291 e. The Morgan fingerprint density at radius 3 is 2.41 bits per heavy atom. The van der Waals surface area contributed by atoms with E-state index in [4.69, 9.17) is 21.3 Å². The molecule has 1 N–H and O–H groups in total. The Morgan fingerprint density at radius 2 is 1.61 bits per heavy atom. The smallest absolute Gasteiger partial charge is 0.291 e. The first-order chi connectivity index (χ1) is 22.3. The number of carbonyl (C=O) groups is 2. The lowest BCUT2D eigenvalue weighted by Crippen LogP contribution is -2.42. The number of nitrogens with zero attached hydrogens (tertiary/aromatic N) is 5. The maximum atomic E-state index is 13.7. The fourth-order valence-corrected chi connectivity index (χ4v) is 7.76. The van der Waals surface area contributed by atoms with Gasteiger partial charge in [0.25, 0.3) is 5.91 Å². The molecule has 4 aromatic rings. The van der Waals surface area contributed by atoms with Crippen molar-refractivity contribution < 1.29 is 14.3 Å². The molecule has 1 amide bonds. The first-order valence-corrected chi connectivity index (χ1v) is 16.8. The summed E-state index contributed by atoms with van der Waals surface area (Å²) in [7, 11) is 3.87. The van der Waals surface area contributed by atoms with Crippen LogP contribution in [0.4, 0.5) is 5.69 Å². The van der Waals surface area contributed by atoms with Gasteiger partial charge >= 0.3 is 0 Å². The Bertz CT molecular complexity index is 1820. The standard InChI is InChI=1S/C36H41ClN6O3/c1-22-25(9-7-12-27(22)40-36(45)35-38-28-11-4-5-13-30(28)42(35)3)26-10-6-8-23(33(26)37)20-32(44)34-39-29-21-43(17-14-31(29)41(34)2)24-15-18-46-19-16-24/h6-10,12,24H,4-5,11,13-21H2,1-3H3,(H,40,45). The molecule has 9 nitrogen and oxygen atoms in total. The van der Waals surface area contributed by atoms with Crippen LogP contribution in [-0.4, -0.2) is 61.5 Å². The summed E-state index contributed by atoms with van der Waals surface area (Å²) in [6.07, 6.45) is 7.23. The number of fused-ring (bicyclic) bond motifs is 2. The van der Waals surface area contributed by atoms with Crippen LogP contribution in [0.25, 0.3) is 11.1 Å². The molecule has 0 radical (unpaired) electrons. The molecule has 2 aromatic carbocycles. The van der Waals surface area contributed by atoms with Crippen LogP contribution in [0.1, 0.15) is 80.8 Å². The number of ketones is 1. The average molecular weight is 641 g/mol. The van der Waals surface area contributed by atoms with E-state index in [-0.39, 0.29) is 18.1 Å². The molecule has 1 saturated heterocycles. The number of benzene rings is 2. The van der Waals surface area contributed by atoms with Crippen LogP contribution in [0.15, 0.2) is 36.4 Å². The largest absolute Gasteiger partial charge is 0.381 e. The number of nitrogens with one attached hydrogen (secondary N) is 1. The summed E-state index contributed by atoms with van der Waals surface area (Å²) in [6, 6.07) is 12.1. The SMILES string of the molecule is Cc1c(NC(=O)c2nc3c(n2C)CCCC3)cccc1-c1cccc(CC(=O)c2nc3c(n2C)CCN(C2CCOCC2)C3)c1Cl. The fraction of sp³-hybridized carbons (Fsp3) is 0.444. The minimum Gasteiger partial charge on any atom is -0.381 e. The number of hydrogen-bond donors (Lipinski definition) is 1. The molecule has 10 heteroatoms. The molecule has 4 heterocycles. The molecule has 46 heavy (non-hydrogen) atoms. The molecule has 1 aliphatic carbocycles. The molecule has 7 rings (SSSR count). The normalized spacial score (nSPS) is 17.0. The number of aromatic nitrogens is 4. The molecule has 2 aromatic heterocycles. The zero-order valence-electron chi connectivity index (χ0n) is 26.9. The van der Waals surface area contributed by atoms with E-state index < -0.39 is 0 Å². The van der Waals surface area contributed by atoms with E-state index in [0.29, 0.717) is 28.4 Å². The molecular weight excluding hydrogens is 600 g/mol. The van der Waals surface area contributed by atoms with Crippen molar-refractivity contribution in [2.24, 2.45) is 14.1 Å². The topological polar surface area (TPSA) is 94.3 Å². The molecule has 2 aliphatic heterocycles. The summed E-state index contributed by atoms with van der Waals surface area (Å²) >= 11 is 7.03. The van der Waals surface area contributed by atoms with Crippen LogP contribution >= 0.6 is 11.6 Å². The maximum absolute atomic E-state index is 13.7. The molecule has 1 fully saturated rings. The van der Waals surface area contributed by atoms with Gasteiger partial charge < -0.3 is 19.2 Å². The van der Waals surface area contributed by atoms with E-state index in [1.54, 1.807) is 0 Å². The van der Waals surface area contributed by atoms with E-state index in [0.717, 1.165) is 116 Å². The first kappa shape index (κ1) is 30.8. The van der Waals surface area contributed by atoms with Crippen LogP contribution in [0.2, 0.25) is 5.02 Å². The molecule has 240 valence electrons. The third kappa shape index (κ3) is 5.69. The Kier molecular flexibility index (Phi) is 8.57. The molecule has 0 bridgehead atoms. The van der Waals surface area contributed by atoms with Gasteiger partial charge in [0.05, 0.1) is 16.4 Å². The third-order valence-electron chi connectivity index (χ3n) is 10.1. The number of Topliss-reactive ketones (excluding diaryl/α,β-unsaturated/α-hetero) is 1. The highest BCUT2D eigenvalue weighted by Crippen LogP contribution is 2.36. The number of ether oxygens (including phenoxy) is 1. The highest BCUT2D eigenvalue weighted by atomic mass is 35.5. The van der Waals surface area contributed by atoms with Crippen LogP contribution in [0.3, 0.4) is 0 Å². The molecular formula is C36H41ClN6O3. The van der Waals surface area contributed by atoms with Crippen LogP contribution in [0.5, 0.6) is 0 Å². The second-order valence-electron chi connectivity index (χ2n) is 12.9. The molecule has 0 spiro atoms. The second kappa shape index (κ2) is 12.8. The number of halogens is 1. The summed E-state index contributed by atoms with van der Waals surface area (Å²) in [6.45, 7) is 5.34. The molecule has 0 atom stereocenters. The van der Waals surface area contributed by atoms with Crippen molar-refractivity contribution in [2.75, 3.05) is 25.1 Å². The second-order valence-corrected chi connectivity index (χ2v) is 13.2. The van der Waals surface area contributed by atoms with Gasteiger partial charge in [0.2, 0.25) is 5.78 Å². The zero-order valence-corrected chi connectivity index (χ0v) is 27.6. The van der Waals surface area contributed by atoms with Crippen LogP contribution in [-0.2, 0) is 51.1 Å². The lowest BCUT2D eigenvalue weighted by molar-refractivity contribution is 0.0283. The van der Waals surface area contributed by atoms with Gasteiger partial charge in [0, 0.05) is 81.9 Å². The Labute approximate surface area is 274 Å². The predicted octanol–water partition coefficient (Wildman–Crippen LogP) is 5.88. The van der Waals surface area contributed by atoms with Gasteiger partial charge in [-0.2, -0.15) is 0 Å². The van der Waals surface area contributed by atoms with Crippen molar-refractivity contribution in [2.45, 2.75) is 70.9 Å². The van der Waals surface area contributed by atoms with Crippen molar-refractivity contribution in [3.63, 3.8) is 0 Å².